The van der Waals surface area contributed by atoms with Crippen LogP contribution in [-0.4, -0.2) is 18.5 Å². The van der Waals surface area contributed by atoms with Crippen LogP contribution in [0, 0.1) is 5.92 Å². The summed E-state index contributed by atoms with van der Waals surface area (Å²) in [6.45, 7) is 0.786. The average Bonchev–Trinajstić information content (AvgIpc) is 2.94. The molecule has 5 heteroatoms. The summed E-state index contributed by atoms with van der Waals surface area (Å²) in [6.07, 6.45) is 7.53. The number of furan rings is 1. The molecule has 1 aliphatic rings. The lowest BCUT2D eigenvalue weighted by Crippen LogP contribution is -2.45. The molecule has 5 nitrogen and oxygen atoms in total. The molecule has 1 atom stereocenters. The molecule has 1 aromatic rings. The minimum absolute atomic E-state index is 0.0593. The van der Waals surface area contributed by atoms with Crippen LogP contribution in [-0.2, 0) is 6.54 Å². The van der Waals surface area contributed by atoms with Gasteiger partial charge < -0.3 is 21.2 Å². The molecule has 106 valence electrons. The molecule has 19 heavy (non-hydrogen) atoms. The Balaban J connectivity index is 1.95. The van der Waals surface area contributed by atoms with Gasteiger partial charge in [-0.3, -0.25) is 4.79 Å². The van der Waals surface area contributed by atoms with Crippen molar-refractivity contribution in [3.8, 4) is 0 Å². The Morgan fingerprint density at radius 3 is 2.68 bits per heavy atom. The number of nitrogens with two attached hydrogens (primary N) is 2. The van der Waals surface area contributed by atoms with Gasteiger partial charge in [0.1, 0.15) is 12.0 Å². The molecule has 1 aliphatic carbocycles. The van der Waals surface area contributed by atoms with Gasteiger partial charge in [0, 0.05) is 12.6 Å². The molecule has 2 rings (SSSR count). The maximum Gasteiger partial charge on any atom is 0.254 e. The third-order valence-corrected chi connectivity index (χ3v) is 3.91. The molecule has 1 saturated carbocycles. The quantitative estimate of drug-likeness (QED) is 0.749. The van der Waals surface area contributed by atoms with Crippen LogP contribution in [0.4, 0.5) is 0 Å². The van der Waals surface area contributed by atoms with Crippen LogP contribution >= 0.6 is 0 Å². The van der Waals surface area contributed by atoms with E-state index in [2.05, 4.69) is 5.32 Å². The van der Waals surface area contributed by atoms with Crippen molar-refractivity contribution < 1.29 is 9.21 Å². The molecule has 0 aliphatic heterocycles. The zero-order valence-electron chi connectivity index (χ0n) is 11.2. The second-order valence-corrected chi connectivity index (χ2v) is 5.22. The van der Waals surface area contributed by atoms with E-state index in [-0.39, 0.29) is 11.9 Å². The predicted octanol–water partition coefficient (Wildman–Crippen LogP) is 1.38. The zero-order valence-corrected chi connectivity index (χ0v) is 11.2. The third-order valence-electron chi connectivity index (χ3n) is 3.91. The fourth-order valence-electron chi connectivity index (χ4n) is 2.76. The average molecular weight is 265 g/mol. The molecule has 0 aromatic carbocycles. The second-order valence-electron chi connectivity index (χ2n) is 5.22. The summed E-state index contributed by atoms with van der Waals surface area (Å²) in [4.78, 5) is 12.1. The fraction of sp³-hybridized carbons (Fsp3) is 0.643. The highest BCUT2D eigenvalue weighted by Crippen LogP contribution is 2.26. The summed E-state index contributed by atoms with van der Waals surface area (Å²) in [5.41, 5.74) is 11.8. The van der Waals surface area contributed by atoms with Crippen molar-refractivity contribution in [1.29, 1.82) is 0 Å². The lowest BCUT2D eigenvalue weighted by atomic mass is 9.84. The lowest BCUT2D eigenvalue weighted by Gasteiger charge is -2.29. The smallest absolute Gasteiger partial charge is 0.254 e. The first-order valence-corrected chi connectivity index (χ1v) is 7.03. The Hall–Kier alpha value is -1.33. The Morgan fingerprint density at radius 2 is 2.11 bits per heavy atom. The summed E-state index contributed by atoms with van der Waals surface area (Å²) in [5.74, 6) is 1.00. The van der Waals surface area contributed by atoms with Gasteiger partial charge in [0.25, 0.3) is 5.91 Å². The normalized spacial score (nSPS) is 18.2. The van der Waals surface area contributed by atoms with E-state index in [0.29, 0.717) is 30.3 Å². The van der Waals surface area contributed by atoms with E-state index >= 15 is 0 Å². The monoisotopic (exact) mass is 265 g/mol. The summed E-state index contributed by atoms with van der Waals surface area (Å²) in [6, 6.07) is 1.74. The molecule has 0 radical (unpaired) electrons. The summed E-state index contributed by atoms with van der Waals surface area (Å²) in [7, 11) is 0. The SMILES string of the molecule is NCc1cc(C(=O)NC(CN)C2CCCCC2)co1. The summed E-state index contributed by atoms with van der Waals surface area (Å²) < 4.78 is 5.18. The Kier molecular flexibility index (Phi) is 4.99. The van der Waals surface area contributed by atoms with Crippen molar-refractivity contribution in [2.75, 3.05) is 6.54 Å². The van der Waals surface area contributed by atoms with Crippen molar-refractivity contribution >= 4 is 5.91 Å². The third kappa shape index (κ3) is 3.58. The van der Waals surface area contributed by atoms with E-state index in [1.807, 2.05) is 0 Å². The van der Waals surface area contributed by atoms with E-state index in [4.69, 9.17) is 15.9 Å². The Morgan fingerprint density at radius 1 is 1.37 bits per heavy atom. The number of rotatable bonds is 5. The molecule has 1 heterocycles. The van der Waals surface area contributed by atoms with Crippen LogP contribution in [0.5, 0.6) is 0 Å². The van der Waals surface area contributed by atoms with Gasteiger partial charge in [-0.15, -0.1) is 0 Å². The minimum atomic E-state index is -0.121. The number of carbonyl (C=O) groups excluding carboxylic acids is 1. The predicted molar refractivity (Wildman–Crippen MR) is 73.5 cm³/mol. The fourth-order valence-corrected chi connectivity index (χ4v) is 2.76. The Bertz CT molecular complexity index is 411. The highest BCUT2D eigenvalue weighted by molar-refractivity contribution is 5.94. The summed E-state index contributed by atoms with van der Waals surface area (Å²) >= 11 is 0. The number of nitrogens with one attached hydrogen (secondary N) is 1. The maximum atomic E-state index is 12.1. The number of hydrogen-bond acceptors (Lipinski definition) is 4. The zero-order chi connectivity index (χ0) is 13.7. The summed E-state index contributed by atoms with van der Waals surface area (Å²) in [5, 5.41) is 3.03. The van der Waals surface area contributed by atoms with Crippen LogP contribution in [0.1, 0.15) is 48.2 Å². The maximum absolute atomic E-state index is 12.1. The molecule has 0 spiro atoms. The molecule has 1 fully saturated rings. The van der Waals surface area contributed by atoms with E-state index in [9.17, 15) is 4.79 Å². The van der Waals surface area contributed by atoms with Gasteiger partial charge >= 0.3 is 0 Å². The van der Waals surface area contributed by atoms with E-state index in [0.717, 1.165) is 12.8 Å². The minimum Gasteiger partial charge on any atom is -0.467 e. The first kappa shape index (κ1) is 14.1. The molecule has 0 saturated heterocycles. The first-order valence-electron chi connectivity index (χ1n) is 7.03. The van der Waals surface area contributed by atoms with E-state index in [1.165, 1.54) is 25.5 Å². The first-order chi connectivity index (χ1) is 9.24. The van der Waals surface area contributed by atoms with Gasteiger partial charge in [0.2, 0.25) is 0 Å². The number of amides is 1. The number of carbonyl (C=O) groups is 1. The van der Waals surface area contributed by atoms with Crippen LogP contribution in [0.3, 0.4) is 0 Å². The highest BCUT2D eigenvalue weighted by Gasteiger charge is 2.24. The molecule has 0 bridgehead atoms. The van der Waals surface area contributed by atoms with E-state index in [1.54, 1.807) is 6.07 Å². The molecular weight excluding hydrogens is 242 g/mol. The van der Waals surface area contributed by atoms with Crippen molar-refractivity contribution in [3.05, 3.63) is 23.7 Å². The molecule has 1 unspecified atom stereocenters. The van der Waals surface area contributed by atoms with Crippen LogP contribution < -0.4 is 16.8 Å². The second kappa shape index (κ2) is 6.73. The van der Waals surface area contributed by atoms with Crippen molar-refractivity contribution in [2.45, 2.75) is 44.7 Å². The largest absolute Gasteiger partial charge is 0.467 e. The van der Waals surface area contributed by atoms with Crippen molar-refractivity contribution in [1.82, 2.24) is 5.32 Å². The lowest BCUT2D eigenvalue weighted by molar-refractivity contribution is 0.0915. The number of hydrogen-bond donors (Lipinski definition) is 3. The van der Waals surface area contributed by atoms with Gasteiger partial charge in [0.05, 0.1) is 12.1 Å². The van der Waals surface area contributed by atoms with Gasteiger partial charge in [-0.05, 0) is 24.8 Å². The molecule has 5 N–H and O–H groups in total. The van der Waals surface area contributed by atoms with Crippen molar-refractivity contribution in [2.24, 2.45) is 17.4 Å². The molecular formula is C14H23N3O2. The van der Waals surface area contributed by atoms with Gasteiger partial charge in [-0.25, -0.2) is 0 Å². The van der Waals surface area contributed by atoms with E-state index < -0.39 is 0 Å². The van der Waals surface area contributed by atoms with Crippen LogP contribution in [0.15, 0.2) is 16.7 Å². The molecule has 1 aromatic heterocycles. The standard InChI is InChI=1S/C14H23N3O2/c15-7-12-6-11(9-19-12)14(18)17-13(8-16)10-4-2-1-3-5-10/h6,9-10,13H,1-5,7-8,15-16H2,(H,17,18). The highest BCUT2D eigenvalue weighted by atomic mass is 16.3. The van der Waals surface area contributed by atoms with Crippen molar-refractivity contribution in [3.63, 3.8) is 0 Å². The van der Waals surface area contributed by atoms with Gasteiger partial charge in [-0.2, -0.15) is 0 Å². The molecule has 1 amide bonds. The van der Waals surface area contributed by atoms with Gasteiger partial charge in [-0.1, -0.05) is 19.3 Å². The van der Waals surface area contributed by atoms with Crippen LogP contribution in [0.25, 0.3) is 0 Å². The van der Waals surface area contributed by atoms with Crippen LogP contribution in [0.2, 0.25) is 0 Å². The Labute approximate surface area is 113 Å². The van der Waals surface area contributed by atoms with Gasteiger partial charge in [0.15, 0.2) is 0 Å². The topological polar surface area (TPSA) is 94.3 Å².